The van der Waals surface area contributed by atoms with E-state index in [1.165, 1.54) is 4.90 Å². The molecule has 2 rings (SSSR count). The summed E-state index contributed by atoms with van der Waals surface area (Å²) in [6.45, 7) is 3.58. The number of hydrogen-bond acceptors (Lipinski definition) is 3. The molecule has 3 amide bonds. The van der Waals surface area contributed by atoms with Crippen molar-refractivity contribution in [3.05, 3.63) is 35.9 Å². The van der Waals surface area contributed by atoms with Gasteiger partial charge in [0.15, 0.2) is 0 Å². The highest BCUT2D eigenvalue weighted by Crippen LogP contribution is 2.26. The highest BCUT2D eigenvalue weighted by Gasteiger charge is 2.50. The molecule has 1 heterocycles. The Hall–Kier alpha value is -1.88. The van der Waals surface area contributed by atoms with Crippen LogP contribution in [0.25, 0.3) is 0 Å². The molecule has 5 heteroatoms. The van der Waals surface area contributed by atoms with Crippen LogP contribution in [-0.4, -0.2) is 34.5 Å². The number of likely N-dealkylation sites (N-methyl/N-ethyl adjacent to an activating group) is 1. The third-order valence-electron chi connectivity index (χ3n) is 3.21. The molecule has 1 fully saturated rings. The number of nitrogens with zero attached hydrogens (tertiary/aromatic N) is 2. The molecule has 1 aliphatic rings. The van der Waals surface area contributed by atoms with Gasteiger partial charge in [0.05, 0.1) is 0 Å². The molecular weight excluding hydrogens is 232 g/mol. The van der Waals surface area contributed by atoms with E-state index >= 15 is 0 Å². The first-order chi connectivity index (χ1) is 8.44. The number of hydroxylamine groups is 2. The van der Waals surface area contributed by atoms with E-state index in [-0.39, 0.29) is 12.5 Å². The van der Waals surface area contributed by atoms with Gasteiger partial charge in [0.2, 0.25) is 0 Å². The maximum Gasteiger partial charge on any atom is 0.352 e. The summed E-state index contributed by atoms with van der Waals surface area (Å²) in [4.78, 5) is 30.6. The van der Waals surface area contributed by atoms with Crippen LogP contribution in [0.15, 0.2) is 30.3 Å². The molecule has 0 unspecified atom stereocenters. The maximum atomic E-state index is 12.0. The van der Waals surface area contributed by atoms with E-state index in [0.29, 0.717) is 0 Å². The summed E-state index contributed by atoms with van der Waals surface area (Å²) in [6, 6.07) is 8.97. The fraction of sp³-hybridized carbons (Fsp3) is 0.385. The van der Waals surface area contributed by atoms with E-state index in [0.717, 1.165) is 10.6 Å². The molecule has 1 aromatic carbocycles. The number of carbonyl (C=O) groups excluding carboxylic acids is 2. The molecule has 0 N–H and O–H groups in total. The largest absolute Gasteiger partial charge is 0.352 e. The molecule has 18 heavy (non-hydrogen) atoms. The SMILES string of the molecule is CN1C(=O)N(OCc2ccccc2)C(=O)C1(C)C. The van der Waals surface area contributed by atoms with Crippen LogP contribution in [0, 0.1) is 0 Å². The molecule has 0 atom stereocenters. The minimum atomic E-state index is -0.853. The Morgan fingerprint density at radius 2 is 1.78 bits per heavy atom. The third kappa shape index (κ3) is 1.97. The second kappa shape index (κ2) is 4.42. The molecule has 96 valence electrons. The number of urea groups is 1. The molecule has 1 aliphatic heterocycles. The number of hydrogen-bond donors (Lipinski definition) is 0. The number of carbonyl (C=O) groups is 2. The average molecular weight is 248 g/mol. The van der Waals surface area contributed by atoms with Crippen molar-refractivity contribution in [2.75, 3.05) is 7.05 Å². The first-order valence-electron chi connectivity index (χ1n) is 5.74. The fourth-order valence-electron chi connectivity index (χ4n) is 1.68. The van der Waals surface area contributed by atoms with Gasteiger partial charge >= 0.3 is 6.03 Å². The molecule has 0 saturated carbocycles. The molecule has 0 radical (unpaired) electrons. The first kappa shape index (κ1) is 12.6. The average Bonchev–Trinajstić information content (AvgIpc) is 2.51. The number of rotatable bonds is 3. The van der Waals surface area contributed by atoms with Crippen molar-refractivity contribution >= 4 is 11.9 Å². The summed E-state index contributed by atoms with van der Waals surface area (Å²) < 4.78 is 0. The molecule has 0 aromatic heterocycles. The molecule has 0 aliphatic carbocycles. The van der Waals surface area contributed by atoms with Crippen LogP contribution in [-0.2, 0) is 16.2 Å². The number of imide groups is 1. The summed E-state index contributed by atoms with van der Waals surface area (Å²) in [5.41, 5.74) is 0.0544. The lowest BCUT2D eigenvalue weighted by molar-refractivity contribution is -0.169. The molecular formula is C13H16N2O3. The lowest BCUT2D eigenvalue weighted by Crippen LogP contribution is -2.41. The van der Waals surface area contributed by atoms with E-state index in [9.17, 15) is 9.59 Å². The van der Waals surface area contributed by atoms with Gasteiger partial charge in [0.1, 0.15) is 12.1 Å². The van der Waals surface area contributed by atoms with Crippen molar-refractivity contribution in [1.82, 2.24) is 9.96 Å². The maximum absolute atomic E-state index is 12.0. The zero-order chi connectivity index (χ0) is 13.3. The van der Waals surface area contributed by atoms with Crippen molar-refractivity contribution < 1.29 is 14.4 Å². The summed E-state index contributed by atoms with van der Waals surface area (Å²) in [5, 5.41) is 0.840. The van der Waals surface area contributed by atoms with E-state index in [1.807, 2.05) is 30.3 Å². The monoisotopic (exact) mass is 248 g/mol. The second-order valence-electron chi connectivity index (χ2n) is 4.76. The van der Waals surface area contributed by atoms with Gasteiger partial charge in [0, 0.05) is 7.05 Å². The van der Waals surface area contributed by atoms with Crippen LogP contribution < -0.4 is 0 Å². The Labute approximate surface area is 106 Å². The Morgan fingerprint density at radius 1 is 1.17 bits per heavy atom. The molecule has 1 aromatic rings. The normalized spacial score (nSPS) is 18.6. The zero-order valence-electron chi connectivity index (χ0n) is 10.7. The van der Waals surface area contributed by atoms with Crippen LogP contribution in [0.4, 0.5) is 4.79 Å². The Kier molecular flexibility index (Phi) is 3.09. The van der Waals surface area contributed by atoms with Gasteiger partial charge < -0.3 is 4.90 Å². The third-order valence-corrected chi connectivity index (χ3v) is 3.21. The van der Waals surface area contributed by atoms with E-state index < -0.39 is 11.6 Å². The van der Waals surface area contributed by atoms with Gasteiger partial charge in [-0.1, -0.05) is 30.3 Å². The predicted octanol–water partition coefficient (Wildman–Crippen LogP) is 1.79. The van der Waals surface area contributed by atoms with Crippen molar-refractivity contribution in [1.29, 1.82) is 0 Å². The summed E-state index contributed by atoms with van der Waals surface area (Å²) in [6.07, 6.45) is 0. The van der Waals surface area contributed by atoms with Crippen molar-refractivity contribution in [2.45, 2.75) is 26.0 Å². The van der Waals surface area contributed by atoms with E-state index in [1.54, 1.807) is 20.9 Å². The lowest BCUT2D eigenvalue weighted by atomic mass is 10.1. The quantitative estimate of drug-likeness (QED) is 0.766. The smallest absolute Gasteiger partial charge is 0.311 e. The Balaban J connectivity index is 2.07. The van der Waals surface area contributed by atoms with Crippen LogP contribution >= 0.6 is 0 Å². The van der Waals surface area contributed by atoms with Gasteiger partial charge in [-0.3, -0.25) is 9.63 Å². The van der Waals surface area contributed by atoms with Gasteiger partial charge in [0.25, 0.3) is 5.91 Å². The first-order valence-corrected chi connectivity index (χ1v) is 5.74. The molecule has 0 bridgehead atoms. The highest BCUT2D eigenvalue weighted by molar-refractivity contribution is 6.05. The Bertz CT molecular complexity index is 470. The summed E-state index contributed by atoms with van der Waals surface area (Å²) in [5.74, 6) is -0.342. The second-order valence-corrected chi connectivity index (χ2v) is 4.76. The minimum Gasteiger partial charge on any atom is -0.311 e. The lowest BCUT2D eigenvalue weighted by Gasteiger charge is -2.22. The highest BCUT2D eigenvalue weighted by atomic mass is 16.7. The van der Waals surface area contributed by atoms with Crippen LogP contribution in [0.1, 0.15) is 19.4 Å². The predicted molar refractivity (Wildman–Crippen MR) is 65.3 cm³/mol. The number of benzene rings is 1. The summed E-state index contributed by atoms with van der Waals surface area (Å²) >= 11 is 0. The van der Waals surface area contributed by atoms with Crippen molar-refractivity contribution in [3.63, 3.8) is 0 Å². The van der Waals surface area contributed by atoms with Gasteiger partial charge in [-0.05, 0) is 19.4 Å². The van der Waals surface area contributed by atoms with E-state index in [4.69, 9.17) is 4.84 Å². The van der Waals surface area contributed by atoms with Crippen molar-refractivity contribution in [2.24, 2.45) is 0 Å². The number of amides is 3. The topological polar surface area (TPSA) is 49.9 Å². The minimum absolute atomic E-state index is 0.197. The zero-order valence-corrected chi connectivity index (χ0v) is 10.7. The Morgan fingerprint density at radius 3 is 2.28 bits per heavy atom. The van der Waals surface area contributed by atoms with Crippen LogP contribution in [0.3, 0.4) is 0 Å². The van der Waals surface area contributed by atoms with Gasteiger partial charge in [-0.15, -0.1) is 5.06 Å². The molecule has 0 spiro atoms. The molecule has 5 nitrogen and oxygen atoms in total. The van der Waals surface area contributed by atoms with E-state index in [2.05, 4.69) is 0 Å². The standard InChI is InChI=1S/C13H16N2O3/c1-13(2)11(16)15(12(17)14(13)3)18-9-10-7-5-4-6-8-10/h4-8H,9H2,1-3H3. The van der Waals surface area contributed by atoms with Gasteiger partial charge in [-0.25, -0.2) is 4.79 Å². The summed E-state index contributed by atoms with van der Waals surface area (Å²) in [7, 11) is 1.59. The van der Waals surface area contributed by atoms with Crippen molar-refractivity contribution in [3.8, 4) is 0 Å². The van der Waals surface area contributed by atoms with Crippen LogP contribution in [0.5, 0.6) is 0 Å². The van der Waals surface area contributed by atoms with Gasteiger partial charge in [-0.2, -0.15) is 0 Å². The fourth-order valence-corrected chi connectivity index (χ4v) is 1.68. The molecule has 1 saturated heterocycles. The van der Waals surface area contributed by atoms with Crippen LogP contribution in [0.2, 0.25) is 0 Å².